The van der Waals surface area contributed by atoms with Crippen molar-refractivity contribution in [2.24, 2.45) is 11.8 Å². The summed E-state index contributed by atoms with van der Waals surface area (Å²) in [4.78, 5) is 28.1. The number of ether oxygens (including phenoxy) is 2. The molecule has 0 aliphatic heterocycles. The highest BCUT2D eigenvalue weighted by Crippen LogP contribution is 2.38. The standard InChI is InChI=1S/C25H31N3O4Si/c1-31-22-8-6-5-7-18(22)21-14-28(16-32-11-12-33(2,3)4)24-19(21)9-10-23(26-24)27-25(30)20-13-17(20)15-29/h5-10,14-15,17,20H,11-13,16H2,1-4H3,(H,26,27,30). The molecule has 1 saturated carbocycles. The number of fused-ring (bicyclic) bond motifs is 1. The van der Waals surface area contributed by atoms with Gasteiger partial charge in [0.05, 0.1) is 7.11 Å². The van der Waals surface area contributed by atoms with Crippen molar-refractivity contribution >= 4 is 37.1 Å². The van der Waals surface area contributed by atoms with Crippen LogP contribution in [0, 0.1) is 11.8 Å². The van der Waals surface area contributed by atoms with Gasteiger partial charge in [0.25, 0.3) is 0 Å². The number of aldehydes is 1. The second kappa shape index (κ2) is 9.49. The maximum absolute atomic E-state index is 12.4. The predicted molar refractivity (Wildman–Crippen MR) is 132 cm³/mol. The van der Waals surface area contributed by atoms with Crippen LogP contribution in [0.3, 0.4) is 0 Å². The maximum atomic E-state index is 12.4. The summed E-state index contributed by atoms with van der Waals surface area (Å²) in [5.41, 5.74) is 2.69. The average Bonchev–Trinajstić information content (AvgIpc) is 3.51. The summed E-state index contributed by atoms with van der Waals surface area (Å²) in [5, 5.41) is 3.81. The van der Waals surface area contributed by atoms with Gasteiger partial charge in [-0.2, -0.15) is 0 Å². The Morgan fingerprint density at radius 1 is 1.21 bits per heavy atom. The first-order valence-electron chi connectivity index (χ1n) is 11.3. The van der Waals surface area contributed by atoms with Crippen molar-refractivity contribution in [3.8, 4) is 16.9 Å². The highest BCUT2D eigenvalue weighted by atomic mass is 28.3. The first kappa shape index (κ1) is 23.2. The summed E-state index contributed by atoms with van der Waals surface area (Å²) >= 11 is 0. The average molecular weight is 466 g/mol. The van der Waals surface area contributed by atoms with Crippen LogP contribution in [-0.4, -0.2) is 43.5 Å². The largest absolute Gasteiger partial charge is 0.496 e. The third-order valence-corrected chi connectivity index (χ3v) is 7.65. The molecule has 8 heteroatoms. The fourth-order valence-corrected chi connectivity index (χ4v) is 4.60. The van der Waals surface area contributed by atoms with Crippen LogP contribution >= 0.6 is 0 Å². The molecule has 7 nitrogen and oxygen atoms in total. The highest BCUT2D eigenvalue weighted by Gasteiger charge is 2.42. The second-order valence-electron chi connectivity index (χ2n) is 9.76. The molecular weight excluding hydrogens is 434 g/mol. The molecule has 1 amide bonds. The van der Waals surface area contributed by atoms with Crippen LogP contribution in [0.15, 0.2) is 42.6 Å². The van der Waals surface area contributed by atoms with E-state index in [1.54, 1.807) is 13.2 Å². The molecule has 2 aromatic heterocycles. The molecule has 3 aromatic rings. The van der Waals surface area contributed by atoms with Crippen molar-refractivity contribution in [3.05, 3.63) is 42.6 Å². The Morgan fingerprint density at radius 3 is 2.70 bits per heavy atom. The first-order chi connectivity index (χ1) is 15.8. The number of benzene rings is 1. The van der Waals surface area contributed by atoms with E-state index in [4.69, 9.17) is 14.5 Å². The number of anilines is 1. The fourth-order valence-electron chi connectivity index (χ4n) is 3.84. The Bertz CT molecular complexity index is 1170. The van der Waals surface area contributed by atoms with Crippen LogP contribution < -0.4 is 10.1 Å². The van der Waals surface area contributed by atoms with Crippen LogP contribution in [0.25, 0.3) is 22.2 Å². The van der Waals surface area contributed by atoms with Gasteiger partial charge in [0.15, 0.2) is 0 Å². The molecule has 1 aromatic carbocycles. The normalized spacial score (nSPS) is 17.7. The Morgan fingerprint density at radius 2 is 2.00 bits per heavy atom. The van der Waals surface area contributed by atoms with Gasteiger partial charge in [0.1, 0.15) is 30.2 Å². The van der Waals surface area contributed by atoms with E-state index in [9.17, 15) is 9.59 Å². The summed E-state index contributed by atoms with van der Waals surface area (Å²) < 4.78 is 13.6. The number of nitrogens with zero attached hydrogens (tertiary/aromatic N) is 2. The molecule has 1 aliphatic rings. The Kier molecular flexibility index (Phi) is 6.67. The monoisotopic (exact) mass is 465 g/mol. The summed E-state index contributed by atoms with van der Waals surface area (Å²) in [7, 11) is 0.472. The maximum Gasteiger partial charge on any atom is 0.229 e. The molecule has 0 radical (unpaired) electrons. The number of pyridine rings is 1. The Labute approximate surface area is 195 Å². The van der Waals surface area contributed by atoms with Crippen molar-refractivity contribution in [1.82, 2.24) is 9.55 Å². The number of amides is 1. The molecule has 0 bridgehead atoms. The smallest absolute Gasteiger partial charge is 0.229 e. The molecule has 2 atom stereocenters. The molecule has 1 N–H and O–H groups in total. The minimum absolute atomic E-state index is 0.159. The molecule has 2 heterocycles. The number of para-hydroxylation sites is 1. The number of methoxy groups -OCH3 is 1. The van der Waals surface area contributed by atoms with Crippen molar-refractivity contribution < 1.29 is 19.1 Å². The number of aromatic nitrogens is 2. The molecule has 0 saturated heterocycles. The van der Waals surface area contributed by atoms with E-state index < -0.39 is 8.07 Å². The van der Waals surface area contributed by atoms with Gasteiger partial charge in [-0.3, -0.25) is 4.79 Å². The molecule has 2 unspecified atom stereocenters. The molecule has 33 heavy (non-hydrogen) atoms. The van der Waals surface area contributed by atoms with E-state index in [0.717, 1.165) is 40.2 Å². The fraction of sp³-hybridized carbons (Fsp3) is 0.400. The van der Waals surface area contributed by atoms with Gasteiger partial charge in [0.2, 0.25) is 5.91 Å². The summed E-state index contributed by atoms with van der Waals surface area (Å²) in [6, 6.07) is 12.7. The number of carbonyl (C=O) groups is 2. The van der Waals surface area contributed by atoms with E-state index >= 15 is 0 Å². The minimum atomic E-state index is -1.19. The molecule has 0 spiro atoms. The van der Waals surface area contributed by atoms with Crippen LogP contribution in [0.5, 0.6) is 5.75 Å². The van der Waals surface area contributed by atoms with Crippen LogP contribution in [0.1, 0.15) is 6.42 Å². The van der Waals surface area contributed by atoms with E-state index in [2.05, 4.69) is 25.0 Å². The Hall–Kier alpha value is -2.97. The third-order valence-electron chi connectivity index (χ3n) is 5.95. The van der Waals surface area contributed by atoms with Gasteiger partial charge in [-0.05, 0) is 30.7 Å². The lowest BCUT2D eigenvalue weighted by Crippen LogP contribution is -2.22. The van der Waals surface area contributed by atoms with Gasteiger partial charge in [-0.25, -0.2) is 4.98 Å². The van der Waals surface area contributed by atoms with E-state index in [1.807, 2.05) is 41.1 Å². The quantitative estimate of drug-likeness (QED) is 0.264. The summed E-state index contributed by atoms with van der Waals surface area (Å²) in [6.45, 7) is 8.05. The highest BCUT2D eigenvalue weighted by molar-refractivity contribution is 6.76. The second-order valence-corrected chi connectivity index (χ2v) is 15.4. The molecular formula is C25H31N3O4Si. The van der Waals surface area contributed by atoms with Crippen molar-refractivity contribution in [1.29, 1.82) is 0 Å². The lowest BCUT2D eigenvalue weighted by molar-refractivity contribution is -0.119. The van der Waals surface area contributed by atoms with Crippen molar-refractivity contribution in [2.45, 2.75) is 38.8 Å². The number of rotatable bonds is 10. The summed E-state index contributed by atoms with van der Waals surface area (Å²) in [5.74, 6) is 0.669. The molecule has 1 fully saturated rings. The zero-order chi connectivity index (χ0) is 23.6. The zero-order valence-electron chi connectivity index (χ0n) is 19.6. The van der Waals surface area contributed by atoms with Crippen LogP contribution in [0.4, 0.5) is 5.82 Å². The Balaban J connectivity index is 1.65. The van der Waals surface area contributed by atoms with E-state index in [1.165, 1.54) is 0 Å². The van der Waals surface area contributed by atoms with Gasteiger partial charge in [0, 0.05) is 49.2 Å². The molecule has 1 aliphatic carbocycles. The zero-order valence-corrected chi connectivity index (χ0v) is 20.6. The summed E-state index contributed by atoms with van der Waals surface area (Å²) in [6.07, 6.45) is 3.49. The van der Waals surface area contributed by atoms with Gasteiger partial charge in [-0.1, -0.05) is 37.8 Å². The van der Waals surface area contributed by atoms with E-state index in [0.29, 0.717) is 25.6 Å². The van der Waals surface area contributed by atoms with Gasteiger partial charge in [-0.15, -0.1) is 0 Å². The number of hydrogen-bond acceptors (Lipinski definition) is 5. The van der Waals surface area contributed by atoms with Gasteiger partial charge < -0.3 is 24.2 Å². The lowest BCUT2D eigenvalue weighted by Gasteiger charge is -2.15. The third kappa shape index (κ3) is 5.34. The minimum Gasteiger partial charge on any atom is -0.496 e. The topological polar surface area (TPSA) is 82.4 Å². The lowest BCUT2D eigenvalue weighted by atomic mass is 10.0. The number of hydrogen-bond donors (Lipinski definition) is 1. The van der Waals surface area contributed by atoms with Gasteiger partial charge >= 0.3 is 0 Å². The first-order valence-corrected chi connectivity index (χ1v) is 15.0. The van der Waals surface area contributed by atoms with Crippen LogP contribution in [0.2, 0.25) is 25.7 Å². The molecule has 174 valence electrons. The SMILES string of the molecule is COc1ccccc1-c1cn(COCC[Si](C)(C)C)c2nc(NC(=O)C3CC3C=O)ccc12. The number of nitrogens with one attached hydrogen (secondary N) is 1. The van der Waals surface area contributed by atoms with Crippen molar-refractivity contribution in [3.63, 3.8) is 0 Å². The number of carbonyl (C=O) groups excluding carboxylic acids is 2. The predicted octanol–water partition coefficient (Wildman–Crippen LogP) is 4.80. The van der Waals surface area contributed by atoms with E-state index in [-0.39, 0.29) is 17.7 Å². The van der Waals surface area contributed by atoms with Crippen LogP contribution in [-0.2, 0) is 21.1 Å². The molecule has 4 rings (SSSR count). The van der Waals surface area contributed by atoms with Crippen molar-refractivity contribution in [2.75, 3.05) is 19.0 Å².